The number of hydrogen-bond donors (Lipinski definition) is 0. The van der Waals surface area contributed by atoms with Crippen LogP contribution in [-0.4, -0.2) is 9.97 Å². The van der Waals surface area contributed by atoms with Crippen LogP contribution >= 0.6 is 0 Å². The van der Waals surface area contributed by atoms with Crippen molar-refractivity contribution >= 4 is 43.4 Å². The Morgan fingerprint density at radius 3 is 1.07 bits per heavy atom. The van der Waals surface area contributed by atoms with E-state index in [4.69, 9.17) is 9.97 Å². The van der Waals surface area contributed by atoms with Crippen LogP contribution in [0.2, 0.25) is 0 Å². The molecule has 41 heavy (non-hydrogen) atoms. The molecule has 2 heterocycles. The fraction of sp³-hybridized carbons (Fsp3) is 0. The minimum atomic E-state index is 0. The zero-order valence-corrected chi connectivity index (χ0v) is 24.6. The van der Waals surface area contributed by atoms with Crippen LogP contribution in [0.4, 0.5) is 0 Å². The van der Waals surface area contributed by atoms with Gasteiger partial charge in [0.1, 0.15) is 0 Å². The minimum Gasteiger partial charge on any atom is -0.247 e. The van der Waals surface area contributed by atoms with Gasteiger partial charge in [0.25, 0.3) is 0 Å². The normalized spacial score (nSPS) is 10.7. The van der Waals surface area contributed by atoms with Gasteiger partial charge in [0.05, 0.1) is 22.4 Å². The molecule has 0 spiro atoms. The van der Waals surface area contributed by atoms with E-state index in [0.29, 0.717) is 0 Å². The summed E-state index contributed by atoms with van der Waals surface area (Å²) in [6, 6.07) is 54.5. The van der Waals surface area contributed by atoms with E-state index in [1.807, 2.05) is 36.4 Å². The van der Waals surface area contributed by atoms with E-state index >= 15 is 0 Å². The summed E-state index contributed by atoms with van der Waals surface area (Å²) < 4.78 is 0. The first-order valence-electron chi connectivity index (χ1n) is 13.5. The maximum Gasteiger partial charge on any atom is 3.00 e. The van der Waals surface area contributed by atoms with Crippen LogP contribution in [0.15, 0.2) is 158 Å². The van der Waals surface area contributed by atoms with Gasteiger partial charge in [-0.15, -0.1) is 0 Å². The van der Waals surface area contributed by atoms with Gasteiger partial charge in [-0.3, -0.25) is 0 Å². The van der Waals surface area contributed by atoms with Crippen molar-refractivity contribution in [2.24, 2.45) is 0 Å². The Kier molecular flexibility index (Phi) is 7.65. The van der Waals surface area contributed by atoms with Gasteiger partial charge in [-0.2, -0.15) is 0 Å². The van der Waals surface area contributed by atoms with Crippen molar-refractivity contribution in [2.45, 2.75) is 0 Å². The molecule has 0 fully saturated rings. The minimum absolute atomic E-state index is 0. The van der Waals surface area contributed by atoms with E-state index in [2.05, 4.69) is 121 Å². The summed E-state index contributed by atoms with van der Waals surface area (Å²) in [6.07, 6.45) is 0. The number of hydrogen-bond acceptors (Lipinski definition) is 2. The molecule has 0 atom stereocenters. The summed E-state index contributed by atoms with van der Waals surface area (Å²) in [6.45, 7) is 0. The van der Waals surface area contributed by atoms with Crippen LogP contribution in [-0.2, 0) is 20.1 Å². The third kappa shape index (κ3) is 5.38. The number of aromatic nitrogens is 2. The Morgan fingerprint density at radius 1 is 0.293 bits per heavy atom. The summed E-state index contributed by atoms with van der Waals surface area (Å²) in [5.41, 5.74) is 6.50. The van der Waals surface area contributed by atoms with Crippen molar-refractivity contribution in [1.29, 1.82) is 0 Å². The number of rotatable bonds is 2. The Balaban J connectivity index is 0.000000144. The van der Waals surface area contributed by atoms with Crippen molar-refractivity contribution in [3.8, 4) is 22.5 Å². The van der Waals surface area contributed by atoms with Crippen molar-refractivity contribution < 1.29 is 20.1 Å². The van der Waals surface area contributed by atoms with Gasteiger partial charge in [-0.1, -0.05) is 146 Å². The third-order valence-corrected chi connectivity index (χ3v) is 7.31. The zero-order valence-electron chi connectivity index (χ0n) is 22.2. The SMILES string of the molecule is [Ir+3].c1ccc(-c2ccc3ccc4ccccc4c3n2)cc1.c1ccc(-c2ccc3ccc4ccccc4c3n2)cc1. The average molecular weight is 703 g/mol. The fourth-order valence-corrected chi connectivity index (χ4v) is 5.25. The molecular weight excluding hydrogens is 677 g/mol. The van der Waals surface area contributed by atoms with Crippen LogP contribution < -0.4 is 0 Å². The first-order chi connectivity index (χ1) is 19.8. The Morgan fingerprint density at radius 2 is 0.634 bits per heavy atom. The standard InChI is InChI=1S/2C19H13N.Ir/c2*1-2-7-15(8-3-1)18-13-12-16-11-10-14-6-4-5-9-17(14)19(16)20-18;/h2*1-13H;/q;;+3. The maximum absolute atomic E-state index is 4.87. The number of benzene rings is 6. The van der Waals surface area contributed by atoms with E-state index in [-0.39, 0.29) is 20.1 Å². The summed E-state index contributed by atoms with van der Waals surface area (Å²) in [7, 11) is 0. The van der Waals surface area contributed by atoms with Gasteiger partial charge in [0.15, 0.2) is 0 Å². The molecule has 0 aliphatic carbocycles. The zero-order chi connectivity index (χ0) is 26.7. The Hall–Kier alpha value is -4.69. The quantitative estimate of drug-likeness (QED) is 0.168. The molecule has 2 aromatic heterocycles. The smallest absolute Gasteiger partial charge is 0.247 e. The first kappa shape index (κ1) is 26.5. The predicted molar refractivity (Wildman–Crippen MR) is 169 cm³/mol. The van der Waals surface area contributed by atoms with E-state index in [1.54, 1.807) is 0 Å². The molecule has 0 unspecified atom stereocenters. The number of nitrogens with zero attached hydrogens (tertiary/aromatic N) is 2. The van der Waals surface area contributed by atoms with Gasteiger partial charge >= 0.3 is 20.1 Å². The molecule has 0 amide bonds. The maximum atomic E-state index is 4.87. The van der Waals surface area contributed by atoms with E-state index in [1.165, 1.54) is 32.3 Å². The average Bonchev–Trinajstić information content (AvgIpc) is 3.05. The summed E-state index contributed by atoms with van der Waals surface area (Å²) in [4.78, 5) is 9.75. The molecule has 0 aliphatic heterocycles. The summed E-state index contributed by atoms with van der Waals surface area (Å²) >= 11 is 0. The summed E-state index contributed by atoms with van der Waals surface area (Å²) in [5, 5.41) is 7.26. The van der Waals surface area contributed by atoms with Gasteiger partial charge in [-0.05, 0) is 22.9 Å². The van der Waals surface area contributed by atoms with Crippen LogP contribution in [0.5, 0.6) is 0 Å². The van der Waals surface area contributed by atoms with Crippen molar-refractivity contribution in [2.75, 3.05) is 0 Å². The molecule has 6 aromatic carbocycles. The molecule has 0 N–H and O–H groups in total. The Bertz CT molecular complexity index is 1950. The third-order valence-electron chi connectivity index (χ3n) is 7.31. The first-order valence-corrected chi connectivity index (χ1v) is 13.5. The molecule has 2 nitrogen and oxygen atoms in total. The molecule has 8 rings (SSSR count). The van der Waals surface area contributed by atoms with Crippen LogP contribution in [0.25, 0.3) is 65.9 Å². The van der Waals surface area contributed by atoms with Gasteiger partial charge in [0.2, 0.25) is 0 Å². The molecule has 194 valence electrons. The van der Waals surface area contributed by atoms with Crippen molar-refractivity contribution in [1.82, 2.24) is 9.97 Å². The molecule has 0 aliphatic rings. The number of fused-ring (bicyclic) bond motifs is 6. The molecular formula is C38H26IrN2+3. The molecule has 0 saturated carbocycles. The van der Waals surface area contributed by atoms with Crippen LogP contribution in [0.1, 0.15) is 0 Å². The molecule has 0 bridgehead atoms. The predicted octanol–water partition coefficient (Wildman–Crippen LogP) is 10.1. The van der Waals surface area contributed by atoms with Gasteiger partial charge < -0.3 is 0 Å². The topological polar surface area (TPSA) is 25.8 Å². The van der Waals surface area contributed by atoms with E-state index in [9.17, 15) is 0 Å². The summed E-state index contributed by atoms with van der Waals surface area (Å²) in [5.74, 6) is 0. The molecule has 0 radical (unpaired) electrons. The van der Waals surface area contributed by atoms with Gasteiger partial charge in [0, 0.05) is 32.7 Å². The molecule has 0 saturated heterocycles. The van der Waals surface area contributed by atoms with Gasteiger partial charge in [-0.25, -0.2) is 9.97 Å². The fourth-order valence-electron chi connectivity index (χ4n) is 5.25. The number of pyridine rings is 2. The Labute approximate surface area is 252 Å². The van der Waals surface area contributed by atoms with Crippen molar-refractivity contribution in [3.63, 3.8) is 0 Å². The second-order valence-electron chi connectivity index (χ2n) is 9.84. The van der Waals surface area contributed by atoms with Crippen LogP contribution in [0.3, 0.4) is 0 Å². The molecule has 8 aromatic rings. The largest absolute Gasteiger partial charge is 3.00 e. The van der Waals surface area contributed by atoms with Crippen LogP contribution in [0, 0.1) is 0 Å². The molecule has 3 heteroatoms. The van der Waals surface area contributed by atoms with Crippen molar-refractivity contribution in [3.05, 3.63) is 158 Å². The second-order valence-corrected chi connectivity index (χ2v) is 9.84. The monoisotopic (exact) mass is 703 g/mol. The van der Waals surface area contributed by atoms with E-state index < -0.39 is 0 Å². The van der Waals surface area contributed by atoms with E-state index in [0.717, 1.165) is 33.5 Å². The second kappa shape index (κ2) is 11.8.